The van der Waals surface area contributed by atoms with E-state index in [-0.39, 0.29) is 12.2 Å². The molecule has 0 aliphatic rings. The van der Waals surface area contributed by atoms with Crippen LogP contribution in [0.25, 0.3) is 22.4 Å². The van der Waals surface area contributed by atoms with Crippen molar-refractivity contribution in [2.45, 2.75) is 6.92 Å². The lowest BCUT2D eigenvalue weighted by Gasteiger charge is -2.14. The summed E-state index contributed by atoms with van der Waals surface area (Å²) in [5.74, 6) is -1.11. The Hall–Kier alpha value is -4.52. The Labute approximate surface area is 190 Å². The van der Waals surface area contributed by atoms with Gasteiger partial charge in [-0.25, -0.2) is 9.89 Å². The molecule has 2 N–H and O–H groups in total. The number of carbonyl (C=O) groups excluding carboxylic acids is 2. The van der Waals surface area contributed by atoms with Gasteiger partial charge in [-0.2, -0.15) is 5.10 Å². The van der Waals surface area contributed by atoms with Crippen molar-refractivity contribution in [3.63, 3.8) is 0 Å². The fourth-order valence-corrected chi connectivity index (χ4v) is 3.49. The number of nitrogens with zero attached hydrogens (tertiary/aromatic N) is 1. The molecule has 0 saturated carbocycles. The number of ether oxygens (including phenoxy) is 1. The monoisotopic (exact) mass is 439 g/mol. The molecule has 0 bridgehead atoms. The van der Waals surface area contributed by atoms with Crippen LogP contribution in [0.5, 0.6) is 0 Å². The van der Waals surface area contributed by atoms with E-state index in [2.05, 4.69) is 15.5 Å². The van der Waals surface area contributed by atoms with Crippen LogP contribution in [-0.4, -0.2) is 28.7 Å². The minimum Gasteiger partial charge on any atom is -0.462 e. The largest absolute Gasteiger partial charge is 0.462 e. The highest BCUT2D eigenvalue weighted by molar-refractivity contribution is 6.10. The molecule has 0 aliphatic heterocycles. The van der Waals surface area contributed by atoms with Crippen LogP contribution in [0.2, 0.25) is 0 Å². The average molecular weight is 439 g/mol. The van der Waals surface area contributed by atoms with Crippen LogP contribution in [0.15, 0.2) is 89.7 Å². The van der Waals surface area contributed by atoms with Crippen molar-refractivity contribution in [1.82, 2.24) is 10.2 Å². The molecule has 0 radical (unpaired) electrons. The van der Waals surface area contributed by atoms with E-state index in [1.54, 1.807) is 25.1 Å². The smallest absolute Gasteiger partial charge is 0.338 e. The number of aromatic nitrogens is 2. The molecule has 1 amide bonds. The number of amides is 1. The summed E-state index contributed by atoms with van der Waals surface area (Å²) < 4.78 is 5.02. The predicted octanol–water partition coefficient (Wildman–Crippen LogP) is 4.53. The van der Waals surface area contributed by atoms with E-state index in [9.17, 15) is 14.4 Å². The van der Waals surface area contributed by atoms with Gasteiger partial charge in [-0.3, -0.25) is 9.59 Å². The Morgan fingerprint density at radius 3 is 2.24 bits per heavy atom. The van der Waals surface area contributed by atoms with Gasteiger partial charge in [0.25, 0.3) is 11.5 Å². The Morgan fingerprint density at radius 1 is 0.909 bits per heavy atom. The van der Waals surface area contributed by atoms with Crippen LogP contribution in [0.4, 0.5) is 5.69 Å². The van der Waals surface area contributed by atoms with Crippen molar-refractivity contribution in [3.8, 4) is 22.4 Å². The standard InChI is InChI=1S/C26H21N3O4/c1-2-33-26(32)19-14-9-15-20(16-19)27-24(30)22-21(17-10-5-3-6-11-17)23(28-29-25(22)31)18-12-7-4-8-13-18/h3-16H,2H2,1H3,(H,27,30)(H,29,31). The molecule has 0 atom stereocenters. The number of rotatable bonds is 6. The summed E-state index contributed by atoms with van der Waals surface area (Å²) in [5, 5.41) is 9.43. The first-order chi connectivity index (χ1) is 16.1. The van der Waals surface area contributed by atoms with Crippen molar-refractivity contribution in [2.24, 2.45) is 0 Å². The Kier molecular flexibility index (Phi) is 6.40. The van der Waals surface area contributed by atoms with Gasteiger partial charge in [-0.05, 0) is 30.7 Å². The maximum atomic E-state index is 13.3. The lowest BCUT2D eigenvalue weighted by molar-refractivity contribution is 0.0526. The van der Waals surface area contributed by atoms with Gasteiger partial charge in [-0.1, -0.05) is 66.7 Å². The van der Waals surface area contributed by atoms with Gasteiger partial charge in [0.15, 0.2) is 0 Å². The van der Waals surface area contributed by atoms with E-state index in [0.29, 0.717) is 28.1 Å². The number of H-pyrrole nitrogens is 1. The first-order valence-corrected chi connectivity index (χ1v) is 10.4. The van der Waals surface area contributed by atoms with Crippen LogP contribution in [0.3, 0.4) is 0 Å². The normalized spacial score (nSPS) is 10.5. The van der Waals surface area contributed by atoms with Gasteiger partial charge in [-0.15, -0.1) is 0 Å². The van der Waals surface area contributed by atoms with Gasteiger partial charge in [0.05, 0.1) is 17.9 Å². The lowest BCUT2D eigenvalue weighted by atomic mass is 9.95. The minimum absolute atomic E-state index is 0.0726. The summed E-state index contributed by atoms with van der Waals surface area (Å²) in [5.41, 5.74) is 2.31. The zero-order valence-electron chi connectivity index (χ0n) is 17.9. The van der Waals surface area contributed by atoms with E-state index in [1.165, 1.54) is 6.07 Å². The number of aromatic amines is 1. The van der Waals surface area contributed by atoms with E-state index in [4.69, 9.17) is 4.74 Å². The number of carbonyl (C=O) groups is 2. The first kappa shape index (κ1) is 21.7. The van der Waals surface area contributed by atoms with Gasteiger partial charge in [0.2, 0.25) is 0 Å². The summed E-state index contributed by atoms with van der Waals surface area (Å²) in [4.78, 5) is 38.2. The minimum atomic E-state index is -0.618. The second-order valence-corrected chi connectivity index (χ2v) is 7.14. The fourth-order valence-electron chi connectivity index (χ4n) is 3.49. The molecule has 1 heterocycles. The van der Waals surface area contributed by atoms with Crippen molar-refractivity contribution in [2.75, 3.05) is 11.9 Å². The molecule has 0 spiro atoms. The maximum Gasteiger partial charge on any atom is 0.338 e. The molecule has 4 aromatic rings. The highest BCUT2D eigenvalue weighted by atomic mass is 16.5. The number of hydrogen-bond acceptors (Lipinski definition) is 5. The average Bonchev–Trinajstić information content (AvgIpc) is 2.85. The van der Waals surface area contributed by atoms with E-state index in [1.807, 2.05) is 60.7 Å². The topological polar surface area (TPSA) is 101 Å². The Balaban J connectivity index is 1.81. The highest BCUT2D eigenvalue weighted by Crippen LogP contribution is 2.31. The van der Waals surface area contributed by atoms with E-state index >= 15 is 0 Å². The van der Waals surface area contributed by atoms with Crippen molar-refractivity contribution >= 4 is 17.6 Å². The first-order valence-electron chi connectivity index (χ1n) is 10.4. The fraction of sp³-hybridized carbons (Fsp3) is 0.0769. The molecule has 33 heavy (non-hydrogen) atoms. The van der Waals surface area contributed by atoms with Crippen LogP contribution in [-0.2, 0) is 4.74 Å². The molecule has 0 aliphatic carbocycles. The number of esters is 1. The van der Waals surface area contributed by atoms with Gasteiger partial charge in [0, 0.05) is 16.8 Å². The van der Waals surface area contributed by atoms with Gasteiger partial charge < -0.3 is 10.1 Å². The van der Waals surface area contributed by atoms with Crippen LogP contribution in [0, 0.1) is 0 Å². The van der Waals surface area contributed by atoms with Crippen molar-refractivity contribution in [3.05, 3.63) is 106 Å². The van der Waals surface area contributed by atoms with Crippen LogP contribution >= 0.6 is 0 Å². The summed E-state index contributed by atoms with van der Waals surface area (Å²) in [6, 6.07) is 24.8. The SMILES string of the molecule is CCOC(=O)c1cccc(NC(=O)c2c(-c3ccccc3)c(-c3ccccc3)n[nH]c2=O)c1. The third kappa shape index (κ3) is 4.72. The molecule has 0 saturated heterocycles. The number of benzene rings is 3. The molecular weight excluding hydrogens is 418 g/mol. The second kappa shape index (κ2) is 9.74. The van der Waals surface area contributed by atoms with Crippen LogP contribution < -0.4 is 10.9 Å². The molecular formula is C26H21N3O4. The summed E-state index contributed by atoms with van der Waals surface area (Å²) in [6.45, 7) is 1.96. The predicted molar refractivity (Wildman–Crippen MR) is 126 cm³/mol. The number of hydrogen-bond donors (Lipinski definition) is 2. The van der Waals surface area contributed by atoms with E-state index in [0.717, 1.165) is 5.56 Å². The summed E-state index contributed by atoms with van der Waals surface area (Å²) >= 11 is 0. The molecule has 3 aromatic carbocycles. The quantitative estimate of drug-likeness (QED) is 0.430. The van der Waals surface area contributed by atoms with Crippen molar-refractivity contribution < 1.29 is 14.3 Å². The number of nitrogens with one attached hydrogen (secondary N) is 2. The Morgan fingerprint density at radius 2 is 1.58 bits per heavy atom. The third-order valence-corrected chi connectivity index (χ3v) is 4.95. The Bertz CT molecular complexity index is 1350. The summed E-state index contributed by atoms with van der Waals surface area (Å²) in [7, 11) is 0. The highest BCUT2D eigenvalue weighted by Gasteiger charge is 2.23. The molecule has 0 unspecified atom stereocenters. The number of anilines is 1. The molecule has 4 rings (SSSR count). The summed E-state index contributed by atoms with van der Waals surface area (Å²) in [6.07, 6.45) is 0. The van der Waals surface area contributed by atoms with E-state index < -0.39 is 17.4 Å². The third-order valence-electron chi connectivity index (χ3n) is 4.95. The molecule has 7 heteroatoms. The van der Waals surface area contributed by atoms with Crippen molar-refractivity contribution in [1.29, 1.82) is 0 Å². The van der Waals surface area contributed by atoms with Gasteiger partial charge >= 0.3 is 5.97 Å². The molecule has 0 fully saturated rings. The zero-order chi connectivity index (χ0) is 23.2. The molecule has 164 valence electrons. The molecule has 1 aromatic heterocycles. The second-order valence-electron chi connectivity index (χ2n) is 7.14. The maximum absolute atomic E-state index is 13.3. The zero-order valence-corrected chi connectivity index (χ0v) is 17.9. The lowest BCUT2D eigenvalue weighted by Crippen LogP contribution is -2.26. The molecule has 7 nitrogen and oxygen atoms in total. The van der Waals surface area contributed by atoms with Gasteiger partial charge in [0.1, 0.15) is 5.56 Å². The van der Waals surface area contributed by atoms with Crippen LogP contribution in [0.1, 0.15) is 27.6 Å².